The SMILES string of the molecule is Cc1cnc2c(S(=O)(=O)N(CC(N)=O)CC(C)C)cccc2c1. The number of carbonyl (C=O) groups is 1. The number of aromatic nitrogens is 1. The molecule has 0 fully saturated rings. The van der Waals surface area contributed by atoms with Crippen molar-refractivity contribution in [1.82, 2.24) is 9.29 Å². The van der Waals surface area contributed by atoms with E-state index < -0.39 is 15.9 Å². The topological polar surface area (TPSA) is 93.4 Å². The van der Waals surface area contributed by atoms with Crippen molar-refractivity contribution in [2.24, 2.45) is 11.7 Å². The van der Waals surface area contributed by atoms with Crippen LogP contribution in [0.3, 0.4) is 0 Å². The molecule has 1 amide bonds. The van der Waals surface area contributed by atoms with Gasteiger partial charge in [0.2, 0.25) is 15.9 Å². The van der Waals surface area contributed by atoms with E-state index in [2.05, 4.69) is 4.98 Å². The molecule has 0 atom stereocenters. The smallest absolute Gasteiger partial charge is 0.245 e. The first-order valence-electron chi connectivity index (χ1n) is 7.35. The van der Waals surface area contributed by atoms with Crippen LogP contribution in [0.5, 0.6) is 0 Å². The van der Waals surface area contributed by atoms with Crippen molar-refractivity contribution in [3.63, 3.8) is 0 Å². The minimum Gasteiger partial charge on any atom is -0.369 e. The van der Waals surface area contributed by atoms with Crippen LogP contribution in [0.4, 0.5) is 0 Å². The fourth-order valence-electron chi connectivity index (χ4n) is 2.42. The van der Waals surface area contributed by atoms with Gasteiger partial charge in [0.1, 0.15) is 4.90 Å². The van der Waals surface area contributed by atoms with Gasteiger partial charge in [-0.05, 0) is 30.5 Å². The minimum absolute atomic E-state index is 0.0642. The maximum atomic E-state index is 13.0. The highest BCUT2D eigenvalue weighted by atomic mass is 32.2. The molecule has 1 aromatic carbocycles. The summed E-state index contributed by atoms with van der Waals surface area (Å²) < 4.78 is 27.1. The summed E-state index contributed by atoms with van der Waals surface area (Å²) in [7, 11) is -3.86. The zero-order valence-corrected chi connectivity index (χ0v) is 14.3. The highest BCUT2D eigenvalue weighted by Gasteiger charge is 2.28. The van der Waals surface area contributed by atoms with Gasteiger partial charge in [-0.2, -0.15) is 4.31 Å². The van der Waals surface area contributed by atoms with Gasteiger partial charge in [-0.15, -0.1) is 0 Å². The Morgan fingerprint density at radius 3 is 2.65 bits per heavy atom. The molecule has 1 aromatic heterocycles. The van der Waals surface area contributed by atoms with Crippen molar-refractivity contribution < 1.29 is 13.2 Å². The largest absolute Gasteiger partial charge is 0.369 e. The number of sulfonamides is 1. The van der Waals surface area contributed by atoms with Gasteiger partial charge in [0.05, 0.1) is 12.1 Å². The van der Waals surface area contributed by atoms with Gasteiger partial charge in [0.25, 0.3) is 0 Å². The number of pyridine rings is 1. The third-order valence-corrected chi connectivity index (χ3v) is 5.17. The maximum Gasteiger partial charge on any atom is 0.245 e. The molecule has 0 saturated carbocycles. The molecule has 0 aliphatic rings. The molecule has 0 aliphatic carbocycles. The van der Waals surface area contributed by atoms with Crippen LogP contribution < -0.4 is 5.73 Å². The molecule has 0 saturated heterocycles. The number of aryl methyl sites for hydroxylation is 1. The van der Waals surface area contributed by atoms with Gasteiger partial charge in [0.15, 0.2) is 0 Å². The van der Waals surface area contributed by atoms with Crippen molar-refractivity contribution in [3.05, 3.63) is 36.0 Å². The Hall–Kier alpha value is -1.99. The van der Waals surface area contributed by atoms with E-state index in [1.165, 1.54) is 6.07 Å². The summed E-state index contributed by atoms with van der Waals surface area (Å²) in [5.41, 5.74) is 6.56. The highest BCUT2D eigenvalue weighted by molar-refractivity contribution is 7.89. The van der Waals surface area contributed by atoms with Crippen molar-refractivity contribution >= 4 is 26.8 Å². The fourth-order valence-corrected chi connectivity index (χ4v) is 4.15. The minimum atomic E-state index is -3.86. The van der Waals surface area contributed by atoms with E-state index >= 15 is 0 Å². The average Bonchev–Trinajstić information content (AvgIpc) is 2.44. The maximum absolute atomic E-state index is 13.0. The predicted molar refractivity (Wildman–Crippen MR) is 89.3 cm³/mol. The van der Waals surface area contributed by atoms with E-state index in [1.54, 1.807) is 12.3 Å². The van der Waals surface area contributed by atoms with Gasteiger partial charge < -0.3 is 5.73 Å². The van der Waals surface area contributed by atoms with Crippen LogP contribution in [0.25, 0.3) is 10.9 Å². The number of amides is 1. The number of hydrogen-bond acceptors (Lipinski definition) is 4. The summed E-state index contributed by atoms with van der Waals surface area (Å²) in [5.74, 6) is -0.618. The molecular formula is C16H21N3O3S. The molecule has 0 radical (unpaired) electrons. The number of carbonyl (C=O) groups excluding carboxylic acids is 1. The first-order valence-corrected chi connectivity index (χ1v) is 8.79. The lowest BCUT2D eigenvalue weighted by Crippen LogP contribution is -2.40. The van der Waals surface area contributed by atoms with Crippen LogP contribution in [-0.2, 0) is 14.8 Å². The van der Waals surface area contributed by atoms with E-state index in [4.69, 9.17) is 5.73 Å². The average molecular weight is 335 g/mol. The number of para-hydroxylation sites is 1. The van der Waals surface area contributed by atoms with E-state index in [9.17, 15) is 13.2 Å². The van der Waals surface area contributed by atoms with Crippen molar-refractivity contribution in [1.29, 1.82) is 0 Å². The normalized spacial score (nSPS) is 12.2. The molecule has 2 N–H and O–H groups in total. The number of nitrogens with two attached hydrogens (primary N) is 1. The number of fused-ring (bicyclic) bond motifs is 1. The van der Waals surface area contributed by atoms with Crippen LogP contribution in [0.15, 0.2) is 35.4 Å². The van der Waals surface area contributed by atoms with Gasteiger partial charge in [-0.1, -0.05) is 26.0 Å². The van der Waals surface area contributed by atoms with E-state index in [0.29, 0.717) is 5.52 Å². The third kappa shape index (κ3) is 3.86. The van der Waals surface area contributed by atoms with Crippen molar-refractivity contribution in [2.75, 3.05) is 13.1 Å². The van der Waals surface area contributed by atoms with Crippen molar-refractivity contribution in [2.45, 2.75) is 25.7 Å². The lowest BCUT2D eigenvalue weighted by Gasteiger charge is -2.23. The van der Waals surface area contributed by atoms with Gasteiger partial charge >= 0.3 is 0 Å². The molecule has 0 aliphatic heterocycles. The lowest BCUT2D eigenvalue weighted by atomic mass is 10.2. The Bertz CT molecular complexity index is 832. The molecule has 1 heterocycles. The summed E-state index contributed by atoms with van der Waals surface area (Å²) in [6, 6.07) is 6.87. The molecule has 124 valence electrons. The molecule has 6 nitrogen and oxygen atoms in total. The van der Waals surface area contributed by atoms with Gasteiger partial charge in [0, 0.05) is 18.1 Å². The fraction of sp³-hybridized carbons (Fsp3) is 0.375. The van der Waals surface area contributed by atoms with E-state index in [-0.39, 0.29) is 23.9 Å². The van der Waals surface area contributed by atoms with Crippen LogP contribution in [0.1, 0.15) is 19.4 Å². The van der Waals surface area contributed by atoms with Crippen LogP contribution in [-0.4, -0.2) is 36.7 Å². The van der Waals surface area contributed by atoms with Crippen LogP contribution in [0, 0.1) is 12.8 Å². The van der Waals surface area contributed by atoms with Crippen LogP contribution >= 0.6 is 0 Å². The molecule has 23 heavy (non-hydrogen) atoms. The quantitative estimate of drug-likeness (QED) is 0.869. The Kier molecular flexibility index (Phi) is 5.01. The number of benzene rings is 1. The zero-order valence-electron chi connectivity index (χ0n) is 13.5. The molecule has 0 unspecified atom stereocenters. The molecule has 2 aromatic rings. The van der Waals surface area contributed by atoms with Crippen molar-refractivity contribution in [3.8, 4) is 0 Å². The van der Waals surface area contributed by atoms with E-state index in [1.807, 2.05) is 32.9 Å². The summed E-state index contributed by atoms with van der Waals surface area (Å²) in [5, 5.41) is 0.745. The number of rotatable bonds is 6. The first-order chi connectivity index (χ1) is 10.7. The van der Waals surface area contributed by atoms with Gasteiger partial charge in [-0.3, -0.25) is 9.78 Å². The van der Waals surface area contributed by atoms with Gasteiger partial charge in [-0.25, -0.2) is 8.42 Å². The molecule has 2 rings (SSSR count). The summed E-state index contributed by atoms with van der Waals surface area (Å²) in [6.07, 6.45) is 1.63. The number of hydrogen-bond donors (Lipinski definition) is 1. The summed E-state index contributed by atoms with van der Waals surface area (Å²) in [4.78, 5) is 15.6. The molecule has 7 heteroatoms. The second-order valence-corrected chi connectivity index (χ2v) is 7.90. The zero-order chi connectivity index (χ0) is 17.2. The van der Waals surface area contributed by atoms with Crippen LogP contribution in [0.2, 0.25) is 0 Å². The lowest BCUT2D eigenvalue weighted by molar-refractivity contribution is -0.118. The first kappa shape index (κ1) is 17.4. The monoisotopic (exact) mass is 335 g/mol. The predicted octanol–water partition coefficient (Wildman–Crippen LogP) is 1.68. The number of primary amides is 1. The van der Waals surface area contributed by atoms with E-state index in [0.717, 1.165) is 15.3 Å². The summed E-state index contributed by atoms with van der Waals surface area (Å²) >= 11 is 0. The highest BCUT2D eigenvalue weighted by Crippen LogP contribution is 2.25. The summed E-state index contributed by atoms with van der Waals surface area (Å²) in [6.45, 7) is 5.53. The molecular weight excluding hydrogens is 314 g/mol. The Balaban J connectivity index is 2.59. The Labute approximate surface area is 136 Å². The number of nitrogens with zero attached hydrogens (tertiary/aromatic N) is 2. The standard InChI is InChI=1S/C16H21N3O3S/c1-11(2)9-19(10-15(17)20)23(21,22)14-6-4-5-13-7-12(3)8-18-16(13)14/h4-8,11H,9-10H2,1-3H3,(H2,17,20). The molecule has 0 spiro atoms. The second-order valence-electron chi connectivity index (χ2n) is 6.00. The Morgan fingerprint density at radius 1 is 1.35 bits per heavy atom. The second kappa shape index (κ2) is 6.64. The third-order valence-electron chi connectivity index (χ3n) is 3.33. The Morgan fingerprint density at radius 2 is 2.04 bits per heavy atom. The molecule has 0 bridgehead atoms.